The van der Waals surface area contributed by atoms with Crippen LogP contribution in [0.2, 0.25) is 0 Å². The fourth-order valence-electron chi connectivity index (χ4n) is 2.01. The van der Waals surface area contributed by atoms with Crippen LogP contribution in [0.3, 0.4) is 0 Å². The fourth-order valence-corrected chi connectivity index (χ4v) is 2.89. The van der Waals surface area contributed by atoms with E-state index < -0.39 is 0 Å². The Morgan fingerprint density at radius 1 is 1.26 bits per heavy atom. The average Bonchev–Trinajstić information content (AvgIpc) is 3.00. The van der Waals surface area contributed by atoms with Crippen LogP contribution in [0.1, 0.15) is 24.4 Å². The van der Waals surface area contributed by atoms with Crippen molar-refractivity contribution in [3.63, 3.8) is 0 Å². The van der Waals surface area contributed by atoms with Crippen LogP contribution < -0.4 is 9.47 Å². The van der Waals surface area contributed by atoms with Crippen molar-refractivity contribution in [2.24, 2.45) is 0 Å². The van der Waals surface area contributed by atoms with Gasteiger partial charge >= 0.3 is 0 Å². The van der Waals surface area contributed by atoms with Crippen LogP contribution in [-0.2, 0) is 5.75 Å². The molecule has 2 aliphatic rings. The summed E-state index contributed by atoms with van der Waals surface area (Å²) in [6.45, 7) is 0.311. The molecule has 1 saturated carbocycles. The number of tetrazole rings is 1. The van der Waals surface area contributed by atoms with Gasteiger partial charge in [0.1, 0.15) is 0 Å². The maximum Gasteiger partial charge on any atom is 0.231 e. The summed E-state index contributed by atoms with van der Waals surface area (Å²) in [5.74, 6) is 2.46. The van der Waals surface area contributed by atoms with E-state index in [1.165, 1.54) is 18.4 Å². The third-order valence-electron chi connectivity index (χ3n) is 3.16. The second kappa shape index (κ2) is 4.41. The maximum atomic E-state index is 5.37. The number of thioether (sulfide) groups is 1. The summed E-state index contributed by atoms with van der Waals surface area (Å²) >= 11 is 1.65. The number of fused-ring (bicyclic) bond motifs is 1. The monoisotopic (exact) mass is 276 g/mol. The zero-order chi connectivity index (χ0) is 12.7. The van der Waals surface area contributed by atoms with Gasteiger partial charge in [-0.2, -0.15) is 0 Å². The lowest BCUT2D eigenvalue weighted by Gasteiger charge is -2.03. The minimum Gasteiger partial charge on any atom is -0.454 e. The van der Waals surface area contributed by atoms with E-state index in [2.05, 4.69) is 15.5 Å². The van der Waals surface area contributed by atoms with E-state index >= 15 is 0 Å². The lowest BCUT2D eigenvalue weighted by Crippen LogP contribution is -1.98. The van der Waals surface area contributed by atoms with Crippen LogP contribution in [0.4, 0.5) is 0 Å². The number of hydrogen-bond donors (Lipinski definition) is 0. The van der Waals surface area contributed by atoms with Crippen molar-refractivity contribution < 1.29 is 9.47 Å². The van der Waals surface area contributed by atoms with Crippen molar-refractivity contribution in [2.75, 3.05) is 6.79 Å². The number of rotatable bonds is 4. The van der Waals surface area contributed by atoms with E-state index in [0.29, 0.717) is 12.8 Å². The second-order valence-corrected chi connectivity index (χ2v) is 5.56. The zero-order valence-corrected chi connectivity index (χ0v) is 11.0. The van der Waals surface area contributed by atoms with Gasteiger partial charge in [0, 0.05) is 5.75 Å². The molecule has 1 aliphatic heterocycles. The third-order valence-corrected chi connectivity index (χ3v) is 4.16. The Labute approximate surface area is 114 Å². The second-order valence-electron chi connectivity index (χ2n) is 4.61. The Hall–Kier alpha value is -1.76. The van der Waals surface area contributed by atoms with Crippen LogP contribution in [-0.4, -0.2) is 27.0 Å². The van der Waals surface area contributed by atoms with Gasteiger partial charge < -0.3 is 9.47 Å². The number of benzene rings is 1. The van der Waals surface area contributed by atoms with Gasteiger partial charge in [0.2, 0.25) is 11.9 Å². The van der Waals surface area contributed by atoms with Crippen molar-refractivity contribution >= 4 is 11.8 Å². The zero-order valence-electron chi connectivity index (χ0n) is 10.2. The molecule has 4 rings (SSSR count). The van der Waals surface area contributed by atoms with E-state index in [1.54, 1.807) is 11.8 Å². The normalized spacial score (nSPS) is 16.8. The highest BCUT2D eigenvalue weighted by molar-refractivity contribution is 7.98. The Balaban J connectivity index is 1.48. The van der Waals surface area contributed by atoms with Crippen LogP contribution in [0.5, 0.6) is 11.5 Å². The molecular weight excluding hydrogens is 264 g/mol. The fraction of sp³-hybridized carbons (Fsp3) is 0.417. The molecule has 0 unspecified atom stereocenters. The number of ether oxygens (including phenoxy) is 2. The molecule has 6 nitrogen and oxygen atoms in total. The molecule has 1 aromatic carbocycles. The van der Waals surface area contributed by atoms with E-state index in [4.69, 9.17) is 9.47 Å². The molecule has 1 aromatic heterocycles. The molecule has 0 N–H and O–H groups in total. The summed E-state index contributed by atoms with van der Waals surface area (Å²) in [4.78, 5) is 0. The molecular formula is C12H12N4O2S. The molecule has 19 heavy (non-hydrogen) atoms. The highest BCUT2D eigenvalue weighted by Crippen LogP contribution is 2.38. The van der Waals surface area contributed by atoms with Crippen LogP contribution in [0.25, 0.3) is 0 Å². The number of nitrogens with zero attached hydrogens (tertiary/aromatic N) is 4. The number of hydrogen-bond acceptors (Lipinski definition) is 6. The molecule has 0 bridgehead atoms. The van der Waals surface area contributed by atoms with Crippen molar-refractivity contribution in [1.29, 1.82) is 0 Å². The molecule has 0 spiro atoms. The van der Waals surface area contributed by atoms with Crippen LogP contribution in [0, 0.1) is 0 Å². The van der Waals surface area contributed by atoms with Crippen molar-refractivity contribution in [2.45, 2.75) is 29.8 Å². The number of aromatic nitrogens is 4. The average molecular weight is 276 g/mol. The van der Waals surface area contributed by atoms with Gasteiger partial charge in [-0.3, -0.25) is 0 Å². The van der Waals surface area contributed by atoms with Gasteiger partial charge in [-0.1, -0.05) is 17.8 Å². The first kappa shape index (κ1) is 11.1. The van der Waals surface area contributed by atoms with E-state index in [1.807, 2.05) is 22.9 Å². The molecule has 7 heteroatoms. The lowest BCUT2D eigenvalue weighted by molar-refractivity contribution is 0.174. The van der Waals surface area contributed by atoms with Crippen molar-refractivity contribution in [1.82, 2.24) is 20.2 Å². The minimum absolute atomic E-state index is 0.311. The van der Waals surface area contributed by atoms with Gasteiger partial charge in [-0.15, -0.1) is 5.10 Å². The lowest BCUT2D eigenvalue weighted by atomic mass is 10.2. The molecule has 1 fully saturated rings. The smallest absolute Gasteiger partial charge is 0.231 e. The minimum atomic E-state index is 0.311. The SMILES string of the molecule is c1cc2c(cc1CSc1nnnn1C1CC1)OCO2. The maximum absolute atomic E-state index is 5.37. The van der Waals surface area contributed by atoms with E-state index in [9.17, 15) is 0 Å². The topological polar surface area (TPSA) is 62.1 Å². The molecule has 98 valence electrons. The summed E-state index contributed by atoms with van der Waals surface area (Å²) in [6.07, 6.45) is 2.37. The van der Waals surface area contributed by atoms with Crippen LogP contribution >= 0.6 is 11.8 Å². The highest BCUT2D eigenvalue weighted by atomic mass is 32.2. The molecule has 0 saturated heterocycles. The highest BCUT2D eigenvalue weighted by Gasteiger charge is 2.27. The van der Waals surface area contributed by atoms with Crippen LogP contribution in [0.15, 0.2) is 23.4 Å². The predicted octanol–water partition coefficient (Wildman–Crippen LogP) is 2.03. The first-order chi connectivity index (χ1) is 9.40. The van der Waals surface area contributed by atoms with E-state index in [-0.39, 0.29) is 0 Å². The largest absolute Gasteiger partial charge is 0.454 e. The molecule has 1 aliphatic carbocycles. The predicted molar refractivity (Wildman–Crippen MR) is 68.2 cm³/mol. The van der Waals surface area contributed by atoms with Gasteiger partial charge in [-0.25, -0.2) is 4.68 Å². The Bertz CT molecular complexity index is 612. The third kappa shape index (κ3) is 2.14. The van der Waals surface area contributed by atoms with Crippen molar-refractivity contribution in [3.8, 4) is 11.5 Å². The molecule has 0 amide bonds. The quantitative estimate of drug-likeness (QED) is 0.796. The standard InChI is InChI=1S/C12H12N4O2S/c1-4-10-11(18-7-17-10)5-8(1)6-19-12-13-14-15-16(12)9-2-3-9/h1,4-5,9H,2-3,6-7H2. The first-order valence-corrected chi connectivity index (χ1v) is 7.18. The van der Waals surface area contributed by atoms with E-state index in [0.717, 1.165) is 22.4 Å². The van der Waals surface area contributed by atoms with Gasteiger partial charge in [0.15, 0.2) is 11.5 Å². The molecule has 0 atom stereocenters. The van der Waals surface area contributed by atoms with Gasteiger partial charge in [-0.05, 0) is 41.0 Å². The van der Waals surface area contributed by atoms with Gasteiger partial charge in [0.25, 0.3) is 0 Å². The Kier molecular flexibility index (Phi) is 2.58. The summed E-state index contributed by atoms with van der Waals surface area (Å²) in [5, 5.41) is 12.8. The first-order valence-electron chi connectivity index (χ1n) is 6.19. The summed E-state index contributed by atoms with van der Waals surface area (Å²) < 4.78 is 12.6. The Morgan fingerprint density at radius 3 is 3.05 bits per heavy atom. The summed E-state index contributed by atoms with van der Waals surface area (Å²) in [6, 6.07) is 6.52. The summed E-state index contributed by atoms with van der Waals surface area (Å²) in [5.41, 5.74) is 1.18. The molecule has 0 radical (unpaired) electrons. The molecule has 2 aromatic rings. The van der Waals surface area contributed by atoms with Gasteiger partial charge in [0.05, 0.1) is 6.04 Å². The Morgan fingerprint density at radius 2 is 2.16 bits per heavy atom. The summed E-state index contributed by atoms with van der Waals surface area (Å²) in [7, 11) is 0. The molecule has 2 heterocycles. The van der Waals surface area contributed by atoms with Crippen molar-refractivity contribution in [3.05, 3.63) is 23.8 Å².